The Morgan fingerprint density at radius 2 is 2.12 bits per heavy atom. The fourth-order valence-electron chi connectivity index (χ4n) is 2.03. The number of aliphatic hydroxyl groups excluding tert-OH is 1. The molecule has 2 rings (SSSR count). The monoisotopic (exact) mass is 447 g/mol. The minimum atomic E-state index is -4.17. The second-order valence-electron chi connectivity index (χ2n) is 5.31. The van der Waals surface area contributed by atoms with E-state index < -0.39 is 20.7 Å². The van der Waals surface area contributed by atoms with E-state index in [2.05, 4.69) is 36.5 Å². The van der Waals surface area contributed by atoms with Crippen molar-refractivity contribution >= 4 is 43.4 Å². The molecule has 0 aliphatic carbocycles. The van der Waals surface area contributed by atoms with Crippen molar-refractivity contribution in [3.63, 3.8) is 0 Å². The quantitative estimate of drug-likeness (QED) is 0.418. The molecule has 142 valence electrons. The second kappa shape index (κ2) is 8.03. The van der Waals surface area contributed by atoms with Crippen molar-refractivity contribution in [3.05, 3.63) is 22.8 Å². The van der Waals surface area contributed by atoms with Crippen LogP contribution in [0.2, 0.25) is 0 Å². The number of methoxy groups -OCH3 is 1. The molecule has 0 saturated carbocycles. The maximum Gasteiger partial charge on any atom is 0.245 e. The number of sulfonamides is 1. The number of hydrogen-bond donors (Lipinski definition) is 5. The number of anilines is 3. The van der Waals surface area contributed by atoms with Gasteiger partial charge >= 0.3 is 0 Å². The number of benzene rings is 1. The lowest BCUT2D eigenvalue weighted by Gasteiger charge is -2.15. The van der Waals surface area contributed by atoms with Gasteiger partial charge in [0.2, 0.25) is 16.0 Å². The Labute approximate surface area is 158 Å². The Morgan fingerprint density at radius 3 is 2.69 bits per heavy atom. The minimum Gasteiger partial charge on any atom is -0.506 e. The molecule has 0 aliphatic rings. The number of rotatable bonds is 7. The number of phenolic OH excluding ortho intramolecular Hbond substituents is 1. The summed E-state index contributed by atoms with van der Waals surface area (Å²) in [4.78, 5) is 7.83. The number of phenols is 1. The van der Waals surface area contributed by atoms with E-state index in [0.717, 1.165) is 6.07 Å². The lowest BCUT2D eigenvalue weighted by Crippen LogP contribution is -2.20. The molecule has 0 aliphatic heterocycles. The maximum absolute atomic E-state index is 11.6. The average Bonchev–Trinajstić information content (AvgIpc) is 2.55. The summed E-state index contributed by atoms with van der Waals surface area (Å²) >= 11 is 3.30. The number of aromatic nitrogens is 2. The van der Waals surface area contributed by atoms with E-state index in [-0.39, 0.29) is 30.0 Å². The topological polar surface area (TPSA) is 160 Å². The molecule has 1 aromatic heterocycles. The second-order valence-corrected chi connectivity index (χ2v) is 7.67. The van der Waals surface area contributed by atoms with Crippen molar-refractivity contribution in [2.45, 2.75) is 17.9 Å². The Hall–Kier alpha value is -2.15. The minimum absolute atomic E-state index is 0.0840. The van der Waals surface area contributed by atoms with E-state index >= 15 is 0 Å². The van der Waals surface area contributed by atoms with Crippen molar-refractivity contribution in [1.29, 1.82) is 0 Å². The fourth-order valence-corrected chi connectivity index (χ4v) is 3.11. The van der Waals surface area contributed by atoms with Crippen LogP contribution in [0, 0.1) is 0 Å². The van der Waals surface area contributed by atoms with Crippen LogP contribution in [0.15, 0.2) is 27.7 Å². The highest BCUT2D eigenvalue weighted by molar-refractivity contribution is 9.10. The molecular formula is C14H18BrN5O5S. The first-order valence-corrected chi connectivity index (χ1v) is 9.60. The number of aliphatic hydroxyl groups is 1. The van der Waals surface area contributed by atoms with Crippen LogP contribution < -0.4 is 20.5 Å². The van der Waals surface area contributed by atoms with Gasteiger partial charge in [-0.25, -0.2) is 18.5 Å². The van der Waals surface area contributed by atoms with Gasteiger partial charge in [-0.15, -0.1) is 0 Å². The third kappa shape index (κ3) is 4.72. The molecule has 1 atom stereocenters. The van der Waals surface area contributed by atoms with Crippen LogP contribution in [0.3, 0.4) is 0 Å². The van der Waals surface area contributed by atoms with Gasteiger partial charge in [0.1, 0.15) is 17.3 Å². The zero-order valence-electron chi connectivity index (χ0n) is 13.9. The van der Waals surface area contributed by atoms with E-state index in [9.17, 15) is 13.5 Å². The number of aromatic hydroxyl groups is 1. The predicted molar refractivity (Wildman–Crippen MR) is 99.2 cm³/mol. The van der Waals surface area contributed by atoms with E-state index in [0.29, 0.717) is 10.3 Å². The van der Waals surface area contributed by atoms with Crippen molar-refractivity contribution in [2.24, 2.45) is 5.14 Å². The lowest BCUT2D eigenvalue weighted by atomic mass is 10.2. The van der Waals surface area contributed by atoms with Crippen LogP contribution in [0.4, 0.5) is 17.5 Å². The third-order valence-corrected chi connectivity index (χ3v) is 4.76. The molecule has 26 heavy (non-hydrogen) atoms. The van der Waals surface area contributed by atoms with Crippen molar-refractivity contribution < 1.29 is 23.4 Å². The van der Waals surface area contributed by atoms with Crippen LogP contribution in [-0.2, 0) is 10.0 Å². The Morgan fingerprint density at radius 1 is 1.42 bits per heavy atom. The van der Waals surface area contributed by atoms with E-state index in [1.807, 2.05) is 0 Å². The van der Waals surface area contributed by atoms with Gasteiger partial charge in [-0.3, -0.25) is 0 Å². The molecule has 10 nitrogen and oxygen atoms in total. The van der Waals surface area contributed by atoms with Crippen LogP contribution >= 0.6 is 15.9 Å². The molecule has 0 unspecified atom stereocenters. The summed E-state index contributed by atoms with van der Waals surface area (Å²) in [5, 5.41) is 30.0. The van der Waals surface area contributed by atoms with Gasteiger partial charge < -0.3 is 25.6 Å². The Kier molecular flexibility index (Phi) is 6.23. The summed E-state index contributed by atoms with van der Waals surface area (Å²) in [5.41, 5.74) is 0.287. The SMILES string of the molecule is COc1cc(Nc2ncc(Br)c(N[C@H](C)CO)n2)cc(O)c1S(N)(=O)=O. The zero-order chi connectivity index (χ0) is 19.5. The molecule has 0 saturated heterocycles. The summed E-state index contributed by atoms with van der Waals surface area (Å²) in [5.74, 6) is -0.0786. The summed E-state index contributed by atoms with van der Waals surface area (Å²) in [7, 11) is -2.92. The highest BCUT2D eigenvalue weighted by Gasteiger charge is 2.21. The van der Waals surface area contributed by atoms with Crippen LogP contribution in [-0.4, -0.2) is 48.4 Å². The van der Waals surface area contributed by atoms with Crippen molar-refractivity contribution in [3.8, 4) is 11.5 Å². The number of nitrogens with zero attached hydrogens (tertiary/aromatic N) is 2. The lowest BCUT2D eigenvalue weighted by molar-refractivity contribution is 0.281. The van der Waals surface area contributed by atoms with E-state index in [4.69, 9.17) is 15.0 Å². The number of nitrogens with two attached hydrogens (primary N) is 1. The van der Waals surface area contributed by atoms with Crippen LogP contribution in [0.1, 0.15) is 6.92 Å². The zero-order valence-corrected chi connectivity index (χ0v) is 16.3. The van der Waals surface area contributed by atoms with Crippen molar-refractivity contribution in [2.75, 3.05) is 24.4 Å². The summed E-state index contributed by atoms with van der Waals surface area (Å²) < 4.78 is 28.7. The van der Waals surface area contributed by atoms with Crippen LogP contribution in [0.25, 0.3) is 0 Å². The molecular weight excluding hydrogens is 430 g/mol. The molecule has 1 aromatic carbocycles. The highest BCUT2D eigenvalue weighted by atomic mass is 79.9. The molecule has 1 heterocycles. The first-order chi connectivity index (χ1) is 12.2. The van der Waals surface area contributed by atoms with Crippen molar-refractivity contribution in [1.82, 2.24) is 9.97 Å². The first-order valence-electron chi connectivity index (χ1n) is 7.26. The molecule has 0 bridgehead atoms. The number of halogens is 1. The molecule has 12 heteroatoms. The third-order valence-electron chi connectivity index (χ3n) is 3.20. The van der Waals surface area contributed by atoms with Gasteiger partial charge in [0.15, 0.2) is 4.90 Å². The molecule has 6 N–H and O–H groups in total. The summed E-state index contributed by atoms with van der Waals surface area (Å²) in [6.45, 7) is 1.69. The van der Waals surface area contributed by atoms with Gasteiger partial charge in [0.05, 0.1) is 18.2 Å². The normalized spacial score (nSPS) is 12.5. The molecule has 0 amide bonds. The Balaban J connectivity index is 2.37. The number of ether oxygens (including phenoxy) is 1. The maximum atomic E-state index is 11.6. The molecule has 0 spiro atoms. The molecule has 2 aromatic rings. The first kappa shape index (κ1) is 20.2. The molecule has 0 fully saturated rings. The largest absolute Gasteiger partial charge is 0.506 e. The number of primary sulfonamides is 1. The van der Waals surface area contributed by atoms with Crippen LogP contribution in [0.5, 0.6) is 11.5 Å². The Bertz CT molecular complexity index is 909. The van der Waals surface area contributed by atoms with E-state index in [1.54, 1.807) is 6.92 Å². The van der Waals surface area contributed by atoms with E-state index in [1.165, 1.54) is 19.4 Å². The van der Waals surface area contributed by atoms with Gasteiger partial charge in [0.25, 0.3) is 0 Å². The van der Waals surface area contributed by atoms with Gasteiger partial charge in [-0.1, -0.05) is 0 Å². The number of nitrogens with one attached hydrogen (secondary N) is 2. The summed E-state index contributed by atoms with van der Waals surface area (Å²) in [6.07, 6.45) is 1.50. The summed E-state index contributed by atoms with van der Waals surface area (Å²) in [6, 6.07) is 2.28. The van der Waals surface area contributed by atoms with Gasteiger partial charge in [-0.05, 0) is 22.9 Å². The molecule has 0 radical (unpaired) electrons. The predicted octanol–water partition coefficient (Wildman–Crippen LogP) is 1.14. The fraction of sp³-hybridized carbons (Fsp3) is 0.286. The smallest absolute Gasteiger partial charge is 0.245 e. The van der Waals surface area contributed by atoms with Gasteiger partial charge in [-0.2, -0.15) is 4.98 Å². The highest BCUT2D eigenvalue weighted by Crippen LogP contribution is 2.36. The standard InChI is InChI=1S/C14H18BrN5O5S/c1-7(6-21)18-13-9(15)5-17-14(20-13)19-8-3-10(22)12(26(16,23)24)11(4-8)25-2/h3-5,7,21-22H,6H2,1-2H3,(H2,16,23,24)(H2,17,18,19,20)/t7-/m1/s1. The number of hydrogen-bond acceptors (Lipinski definition) is 9. The van der Waals surface area contributed by atoms with Gasteiger partial charge in [0, 0.05) is 30.1 Å². The average molecular weight is 448 g/mol.